The molecule has 2 heterocycles. The molecular weight excluding hydrogens is 248 g/mol. The van der Waals surface area contributed by atoms with E-state index in [2.05, 4.69) is 10.00 Å². The summed E-state index contributed by atoms with van der Waals surface area (Å²) >= 11 is 0. The van der Waals surface area contributed by atoms with Crippen LogP contribution in [0.2, 0.25) is 0 Å². The highest BCUT2D eigenvalue weighted by molar-refractivity contribution is 5.92. The Morgan fingerprint density at radius 2 is 2.26 bits per heavy atom. The molecule has 0 unspecified atom stereocenters. The van der Waals surface area contributed by atoms with Crippen molar-refractivity contribution in [1.29, 1.82) is 0 Å². The molecule has 1 saturated heterocycles. The summed E-state index contributed by atoms with van der Waals surface area (Å²) in [4.78, 5) is 12.5. The molecule has 7 heteroatoms. The largest absolute Gasteiger partial charge is 0.396 e. The molecular formula is C12H14N4O3. The first-order chi connectivity index (χ1) is 9.10. The lowest BCUT2D eigenvalue weighted by Gasteiger charge is -2.39. The Morgan fingerprint density at radius 3 is 2.89 bits per heavy atom. The monoisotopic (exact) mass is 262 g/mol. The minimum absolute atomic E-state index is 0.0500. The van der Waals surface area contributed by atoms with E-state index in [0.29, 0.717) is 11.4 Å². The molecule has 0 saturated carbocycles. The van der Waals surface area contributed by atoms with Crippen LogP contribution in [0.15, 0.2) is 18.2 Å². The molecule has 0 bridgehead atoms. The van der Waals surface area contributed by atoms with Gasteiger partial charge >= 0.3 is 0 Å². The van der Waals surface area contributed by atoms with Crippen molar-refractivity contribution in [2.45, 2.75) is 0 Å². The van der Waals surface area contributed by atoms with Gasteiger partial charge in [0.25, 0.3) is 5.69 Å². The molecule has 2 aromatic rings. The van der Waals surface area contributed by atoms with E-state index in [1.165, 1.54) is 12.1 Å². The number of aliphatic hydroxyl groups is 1. The third-order valence-corrected chi connectivity index (χ3v) is 3.51. The van der Waals surface area contributed by atoms with Crippen LogP contribution in [0.5, 0.6) is 0 Å². The van der Waals surface area contributed by atoms with Gasteiger partial charge in [0.1, 0.15) is 11.3 Å². The van der Waals surface area contributed by atoms with Crippen molar-refractivity contribution in [2.24, 2.45) is 13.0 Å². The third kappa shape index (κ3) is 1.82. The van der Waals surface area contributed by atoms with Gasteiger partial charge in [0.05, 0.1) is 4.92 Å². The van der Waals surface area contributed by atoms with E-state index in [1.807, 2.05) is 7.05 Å². The number of nitro groups is 1. The van der Waals surface area contributed by atoms with E-state index >= 15 is 0 Å². The van der Waals surface area contributed by atoms with Crippen LogP contribution >= 0.6 is 0 Å². The zero-order valence-corrected chi connectivity index (χ0v) is 10.5. The highest BCUT2D eigenvalue weighted by Gasteiger charge is 2.29. The third-order valence-electron chi connectivity index (χ3n) is 3.51. The number of nitro benzene ring substituents is 1. The minimum atomic E-state index is -0.417. The summed E-state index contributed by atoms with van der Waals surface area (Å²) in [5.41, 5.74) is 0.674. The van der Waals surface area contributed by atoms with Gasteiger partial charge in [0.15, 0.2) is 0 Å². The van der Waals surface area contributed by atoms with Gasteiger partial charge in [0.2, 0.25) is 0 Å². The number of anilines is 1. The van der Waals surface area contributed by atoms with Gasteiger partial charge in [-0.2, -0.15) is 5.10 Å². The van der Waals surface area contributed by atoms with Gasteiger partial charge in [-0.15, -0.1) is 0 Å². The second kappa shape index (κ2) is 4.20. The molecule has 0 amide bonds. The molecule has 3 rings (SSSR count). The number of aryl methyl sites for hydroxylation is 1. The first kappa shape index (κ1) is 11.9. The highest BCUT2D eigenvalue weighted by atomic mass is 16.6. The summed E-state index contributed by atoms with van der Waals surface area (Å²) in [7, 11) is 1.83. The first-order valence-corrected chi connectivity index (χ1v) is 6.07. The van der Waals surface area contributed by atoms with E-state index in [0.717, 1.165) is 24.3 Å². The Hall–Kier alpha value is -2.15. The number of aliphatic hydroxyl groups excluding tert-OH is 1. The first-order valence-electron chi connectivity index (χ1n) is 6.07. The fraction of sp³-hybridized carbons (Fsp3) is 0.417. The van der Waals surface area contributed by atoms with Gasteiger partial charge in [-0.05, 0) is 6.07 Å². The lowest BCUT2D eigenvalue weighted by Crippen LogP contribution is -2.49. The maximum Gasteiger partial charge on any atom is 0.271 e. The van der Waals surface area contributed by atoms with Crippen molar-refractivity contribution in [3.63, 3.8) is 0 Å². The van der Waals surface area contributed by atoms with E-state index in [9.17, 15) is 10.1 Å². The maximum absolute atomic E-state index is 10.8. The van der Waals surface area contributed by atoms with Crippen molar-refractivity contribution < 1.29 is 10.0 Å². The average molecular weight is 262 g/mol. The van der Waals surface area contributed by atoms with Crippen LogP contribution in [0.3, 0.4) is 0 Å². The van der Waals surface area contributed by atoms with Crippen molar-refractivity contribution >= 4 is 22.4 Å². The van der Waals surface area contributed by atoms with Crippen LogP contribution in [-0.2, 0) is 7.05 Å². The SMILES string of the molecule is Cn1nc2cc([N+](=O)[O-])ccc2c1N1CC(CO)C1. The van der Waals surface area contributed by atoms with Crippen molar-refractivity contribution in [2.75, 3.05) is 24.6 Å². The molecule has 1 aromatic heterocycles. The van der Waals surface area contributed by atoms with Gasteiger partial charge in [-0.1, -0.05) is 0 Å². The molecule has 1 aliphatic heterocycles. The molecule has 100 valence electrons. The average Bonchev–Trinajstić information content (AvgIpc) is 2.64. The Balaban J connectivity index is 2.01. The van der Waals surface area contributed by atoms with Gasteiger partial charge in [-0.25, -0.2) is 0 Å². The number of non-ortho nitro benzene ring substituents is 1. The van der Waals surface area contributed by atoms with E-state index in [-0.39, 0.29) is 12.3 Å². The lowest BCUT2D eigenvalue weighted by atomic mass is 10.0. The predicted octanol–water partition coefficient (Wildman–Crippen LogP) is 0.910. The molecule has 0 radical (unpaired) electrons. The highest BCUT2D eigenvalue weighted by Crippen LogP contribution is 2.32. The normalized spacial score (nSPS) is 15.8. The molecule has 0 aliphatic carbocycles. The minimum Gasteiger partial charge on any atom is -0.396 e. The van der Waals surface area contributed by atoms with Crippen LogP contribution in [0.25, 0.3) is 10.9 Å². The lowest BCUT2D eigenvalue weighted by molar-refractivity contribution is -0.384. The standard InChI is InChI=1S/C12H14N4O3/c1-14-12(15-5-8(6-15)7-17)10-3-2-9(16(18)19)4-11(10)13-14/h2-4,8,17H,5-7H2,1H3. The Kier molecular flexibility index (Phi) is 2.63. The smallest absolute Gasteiger partial charge is 0.271 e. The fourth-order valence-electron chi connectivity index (χ4n) is 2.52. The quantitative estimate of drug-likeness (QED) is 0.656. The van der Waals surface area contributed by atoms with Gasteiger partial charge in [-0.3, -0.25) is 14.8 Å². The zero-order chi connectivity index (χ0) is 13.6. The summed E-state index contributed by atoms with van der Waals surface area (Å²) in [6.45, 7) is 1.78. The molecule has 7 nitrogen and oxygen atoms in total. The molecule has 1 fully saturated rings. The van der Waals surface area contributed by atoms with Crippen LogP contribution in [0.1, 0.15) is 0 Å². The number of aromatic nitrogens is 2. The van der Waals surface area contributed by atoms with Crippen molar-refractivity contribution in [1.82, 2.24) is 9.78 Å². The molecule has 1 N–H and O–H groups in total. The zero-order valence-electron chi connectivity index (χ0n) is 10.5. The van der Waals surface area contributed by atoms with Crippen molar-refractivity contribution in [3.05, 3.63) is 28.3 Å². The topological polar surface area (TPSA) is 84.4 Å². The summed E-state index contributed by atoms with van der Waals surface area (Å²) in [6, 6.07) is 4.72. The second-order valence-electron chi connectivity index (χ2n) is 4.86. The number of nitrogens with zero attached hydrogens (tertiary/aromatic N) is 4. The summed E-state index contributed by atoms with van der Waals surface area (Å²) in [5.74, 6) is 1.26. The summed E-state index contributed by atoms with van der Waals surface area (Å²) in [6.07, 6.45) is 0. The molecule has 0 spiro atoms. The Bertz CT molecular complexity index is 646. The van der Waals surface area contributed by atoms with Crippen LogP contribution < -0.4 is 4.90 Å². The van der Waals surface area contributed by atoms with Gasteiger partial charge in [0, 0.05) is 50.2 Å². The van der Waals surface area contributed by atoms with E-state index in [1.54, 1.807) is 10.7 Å². The summed E-state index contributed by atoms with van der Waals surface area (Å²) in [5, 5.41) is 25.0. The van der Waals surface area contributed by atoms with Gasteiger partial charge < -0.3 is 10.0 Å². The molecule has 1 aromatic carbocycles. The summed E-state index contributed by atoms with van der Waals surface area (Å²) < 4.78 is 1.74. The molecule has 19 heavy (non-hydrogen) atoms. The number of hydrogen-bond donors (Lipinski definition) is 1. The number of benzene rings is 1. The number of fused-ring (bicyclic) bond motifs is 1. The second-order valence-corrected chi connectivity index (χ2v) is 4.86. The van der Waals surface area contributed by atoms with Crippen LogP contribution in [0.4, 0.5) is 11.5 Å². The van der Waals surface area contributed by atoms with Crippen LogP contribution in [-0.4, -0.2) is 39.5 Å². The maximum atomic E-state index is 10.8. The molecule has 1 aliphatic rings. The Labute approximate surface area is 109 Å². The Morgan fingerprint density at radius 1 is 1.53 bits per heavy atom. The molecule has 0 atom stereocenters. The number of rotatable bonds is 3. The van der Waals surface area contributed by atoms with Crippen molar-refractivity contribution in [3.8, 4) is 0 Å². The van der Waals surface area contributed by atoms with Crippen LogP contribution in [0, 0.1) is 16.0 Å². The fourth-order valence-corrected chi connectivity index (χ4v) is 2.52. The number of hydrogen-bond acceptors (Lipinski definition) is 5. The van der Waals surface area contributed by atoms with E-state index in [4.69, 9.17) is 5.11 Å². The predicted molar refractivity (Wildman–Crippen MR) is 70.2 cm³/mol. The van der Waals surface area contributed by atoms with E-state index < -0.39 is 4.92 Å².